The quantitative estimate of drug-likeness (QED) is 0.177. The first kappa shape index (κ1) is 34.8. The molecule has 0 aromatic heterocycles. The van der Waals surface area contributed by atoms with Crippen molar-refractivity contribution in [3.05, 3.63) is 161 Å². The van der Waals surface area contributed by atoms with E-state index in [0.717, 1.165) is 23.3 Å². The summed E-state index contributed by atoms with van der Waals surface area (Å²) < 4.78 is 7.29. The first-order chi connectivity index (χ1) is 28.4. The molecule has 6 aliphatic carbocycles. The summed E-state index contributed by atoms with van der Waals surface area (Å²) in [5.41, 5.74) is 18.2. The van der Waals surface area contributed by atoms with E-state index in [0.29, 0.717) is 17.3 Å². The van der Waals surface area contributed by atoms with Crippen LogP contribution in [0, 0.1) is 29.1 Å². The molecule has 7 aliphatic rings. The van der Waals surface area contributed by atoms with Crippen molar-refractivity contribution in [1.29, 1.82) is 0 Å². The number of hydrogen-bond donors (Lipinski definition) is 0. The van der Waals surface area contributed by atoms with E-state index in [4.69, 9.17) is 4.74 Å². The van der Waals surface area contributed by atoms with Crippen LogP contribution in [0.1, 0.15) is 113 Å². The molecule has 6 aromatic rings. The van der Waals surface area contributed by atoms with Crippen LogP contribution >= 0.6 is 0 Å². The van der Waals surface area contributed by atoms with Crippen LogP contribution in [-0.2, 0) is 21.7 Å². The third-order valence-corrected chi connectivity index (χ3v) is 17.8. The molecular weight excluding hydrogens is 715 g/mol. The van der Waals surface area contributed by atoms with Crippen LogP contribution in [0.4, 0.5) is 17.1 Å². The van der Waals surface area contributed by atoms with Crippen LogP contribution in [-0.4, -0.2) is 0 Å². The third-order valence-electron chi connectivity index (χ3n) is 17.8. The van der Waals surface area contributed by atoms with E-state index in [1.165, 1.54) is 111 Å². The SMILES string of the molecule is CC1(C)CCC(C)(C)c2c(N(c3ccc4c(c3)C(C)(C)c3ccccc3-4)c3ccc4c(c3)C3(c5cccc(-c6ccccc6)c5O4)C4CC5CC6CC3C64C5)cccc21. The number of para-hydroxylation sites is 1. The number of anilines is 3. The van der Waals surface area contributed by atoms with Crippen molar-refractivity contribution >= 4 is 17.1 Å². The van der Waals surface area contributed by atoms with Crippen molar-refractivity contribution in [2.75, 3.05) is 4.90 Å². The minimum absolute atomic E-state index is 0.0294. The summed E-state index contributed by atoms with van der Waals surface area (Å²) in [6.45, 7) is 14.7. The first-order valence-electron chi connectivity index (χ1n) is 22.6. The molecule has 4 fully saturated rings. The number of fused-ring (bicyclic) bond motifs is 11. The Kier molecular flexibility index (Phi) is 6.59. The van der Waals surface area contributed by atoms with Gasteiger partial charge in [0.2, 0.25) is 0 Å². The normalized spacial score (nSPS) is 29.5. The second-order valence-electron chi connectivity index (χ2n) is 21.6. The molecule has 0 N–H and O–H groups in total. The van der Waals surface area contributed by atoms with Crippen molar-refractivity contribution in [3.63, 3.8) is 0 Å². The van der Waals surface area contributed by atoms with Gasteiger partial charge in [-0.2, -0.15) is 0 Å². The maximum Gasteiger partial charge on any atom is 0.139 e. The highest BCUT2D eigenvalue weighted by atomic mass is 16.5. The average molecular weight is 770 g/mol. The van der Waals surface area contributed by atoms with Gasteiger partial charge in [-0.1, -0.05) is 133 Å². The van der Waals surface area contributed by atoms with Crippen LogP contribution in [0.5, 0.6) is 11.5 Å². The molecule has 0 saturated heterocycles. The molecule has 1 heterocycles. The molecular formula is C57H55NO. The molecule has 13 rings (SSSR count). The van der Waals surface area contributed by atoms with E-state index < -0.39 is 0 Å². The summed E-state index contributed by atoms with van der Waals surface area (Å²) >= 11 is 0. The van der Waals surface area contributed by atoms with Gasteiger partial charge in [0.25, 0.3) is 0 Å². The Hall–Kier alpha value is -5.08. The first-order valence-corrected chi connectivity index (χ1v) is 22.6. The van der Waals surface area contributed by atoms with Crippen LogP contribution in [0.25, 0.3) is 22.3 Å². The van der Waals surface area contributed by atoms with E-state index in [1.807, 2.05) is 0 Å². The maximum atomic E-state index is 7.29. The summed E-state index contributed by atoms with van der Waals surface area (Å²) in [6.07, 6.45) is 7.97. The van der Waals surface area contributed by atoms with Gasteiger partial charge in [0, 0.05) is 38.9 Å². The highest BCUT2D eigenvalue weighted by Crippen LogP contribution is 2.89. The molecule has 6 unspecified atom stereocenters. The van der Waals surface area contributed by atoms with Gasteiger partial charge < -0.3 is 9.64 Å². The fourth-order valence-electron chi connectivity index (χ4n) is 15.3. The van der Waals surface area contributed by atoms with Gasteiger partial charge in [0.1, 0.15) is 11.5 Å². The third kappa shape index (κ3) is 4.15. The topological polar surface area (TPSA) is 12.5 Å². The highest BCUT2D eigenvalue weighted by molar-refractivity contribution is 5.88. The Morgan fingerprint density at radius 1 is 0.542 bits per heavy atom. The molecule has 2 heteroatoms. The zero-order valence-electron chi connectivity index (χ0n) is 35.5. The molecule has 2 nitrogen and oxygen atoms in total. The van der Waals surface area contributed by atoms with Crippen LogP contribution in [0.15, 0.2) is 127 Å². The highest BCUT2D eigenvalue weighted by Gasteiger charge is 2.84. The van der Waals surface area contributed by atoms with Crippen molar-refractivity contribution in [2.24, 2.45) is 29.1 Å². The summed E-state index contributed by atoms with van der Waals surface area (Å²) in [7, 11) is 0. The van der Waals surface area contributed by atoms with Gasteiger partial charge in [-0.3, -0.25) is 0 Å². The largest absolute Gasteiger partial charge is 0.456 e. The molecule has 6 aromatic carbocycles. The van der Waals surface area contributed by atoms with Gasteiger partial charge in [0.05, 0.1) is 5.69 Å². The summed E-state index contributed by atoms with van der Waals surface area (Å²) in [5.74, 6) is 5.27. The minimum Gasteiger partial charge on any atom is -0.456 e. The lowest BCUT2D eigenvalue weighted by atomic mass is 9.26. The van der Waals surface area contributed by atoms with Gasteiger partial charge in [-0.25, -0.2) is 0 Å². The minimum atomic E-state index is -0.0955. The van der Waals surface area contributed by atoms with Crippen LogP contribution in [0.2, 0.25) is 0 Å². The zero-order valence-corrected chi connectivity index (χ0v) is 35.5. The molecule has 294 valence electrons. The standard InChI is InChI=1S/C57H55NO/c1-53(2)26-27-54(3,4)51-43(53)19-13-21-47(51)58(37-22-24-41-40-16-10-11-18-42(40)55(5,6)45(41)31-37)38-23-25-48-46(32-38)57(49-29-34-28-36-30-50(57)56(36,49)33-34)44-20-12-17-39(52(44)59-48)35-14-8-7-9-15-35/h7-25,31-32,34,36,49-50H,26-30,33H2,1-6H3. The number of rotatable bonds is 4. The predicted octanol–water partition coefficient (Wildman–Crippen LogP) is 14.9. The molecule has 6 atom stereocenters. The molecule has 2 spiro atoms. The Balaban J connectivity index is 1.05. The smallest absolute Gasteiger partial charge is 0.139 e. The monoisotopic (exact) mass is 769 g/mol. The van der Waals surface area contributed by atoms with Crippen molar-refractivity contribution < 1.29 is 4.74 Å². The van der Waals surface area contributed by atoms with E-state index in [-0.39, 0.29) is 21.7 Å². The van der Waals surface area contributed by atoms with Crippen molar-refractivity contribution in [3.8, 4) is 33.8 Å². The molecule has 0 radical (unpaired) electrons. The maximum absolute atomic E-state index is 7.29. The number of hydrogen-bond acceptors (Lipinski definition) is 2. The van der Waals surface area contributed by atoms with E-state index in [9.17, 15) is 0 Å². The van der Waals surface area contributed by atoms with Gasteiger partial charge in [-0.15, -0.1) is 0 Å². The average Bonchev–Trinajstić information content (AvgIpc) is 3.85. The molecule has 1 aliphatic heterocycles. The predicted molar refractivity (Wildman–Crippen MR) is 242 cm³/mol. The second-order valence-corrected chi connectivity index (χ2v) is 21.6. The summed E-state index contributed by atoms with van der Waals surface area (Å²) in [6, 6.07) is 49.0. The fraction of sp³-hybridized carbons (Fsp3) is 0.368. The molecule has 4 saturated carbocycles. The van der Waals surface area contributed by atoms with Crippen LogP contribution < -0.4 is 9.64 Å². The Morgan fingerprint density at radius 2 is 1.20 bits per heavy atom. The molecule has 2 bridgehead atoms. The molecule has 0 amide bonds. The van der Waals surface area contributed by atoms with E-state index in [1.54, 1.807) is 0 Å². The summed E-state index contributed by atoms with van der Waals surface area (Å²) in [4.78, 5) is 2.66. The zero-order chi connectivity index (χ0) is 39.8. The number of ether oxygens (including phenoxy) is 1. The Labute approximate surface area is 350 Å². The lowest BCUT2D eigenvalue weighted by Crippen LogP contribution is -2.74. The van der Waals surface area contributed by atoms with Gasteiger partial charge >= 0.3 is 0 Å². The summed E-state index contributed by atoms with van der Waals surface area (Å²) in [5, 5.41) is 0. The lowest BCUT2D eigenvalue weighted by Gasteiger charge is -2.77. The van der Waals surface area contributed by atoms with Crippen molar-refractivity contribution in [2.45, 2.75) is 102 Å². The number of nitrogens with zero attached hydrogens (tertiary/aromatic N) is 1. The number of benzene rings is 6. The second kappa shape index (κ2) is 11.2. The van der Waals surface area contributed by atoms with Crippen LogP contribution in [0.3, 0.4) is 0 Å². The van der Waals surface area contributed by atoms with Crippen molar-refractivity contribution in [1.82, 2.24) is 0 Å². The fourth-order valence-corrected chi connectivity index (χ4v) is 15.3. The van der Waals surface area contributed by atoms with E-state index >= 15 is 0 Å². The Morgan fingerprint density at radius 3 is 2.03 bits per heavy atom. The van der Waals surface area contributed by atoms with E-state index in [2.05, 4.69) is 174 Å². The lowest BCUT2D eigenvalue weighted by molar-refractivity contribution is -0.235. The van der Waals surface area contributed by atoms with Gasteiger partial charge in [0.15, 0.2) is 0 Å². The van der Waals surface area contributed by atoms with Gasteiger partial charge in [-0.05, 0) is 154 Å². The molecule has 59 heavy (non-hydrogen) atoms. The Bertz CT molecular complexity index is 2790.